The molecule has 5 aromatic rings. The predicted molar refractivity (Wildman–Crippen MR) is 117 cm³/mol. The normalized spacial score (nSPS) is 11.0. The third-order valence-corrected chi connectivity index (χ3v) is 5.55. The molecule has 0 radical (unpaired) electrons. The Morgan fingerprint density at radius 3 is 2.09 bits per heavy atom. The number of carbonyl (C=O) groups is 3. The van der Waals surface area contributed by atoms with Crippen molar-refractivity contribution in [3.63, 3.8) is 0 Å². The largest absolute Gasteiger partial charge is 0.477 e. The average Bonchev–Trinajstić information content (AvgIpc) is 3.49. The summed E-state index contributed by atoms with van der Waals surface area (Å²) in [7, 11) is 0. The molecule has 0 aliphatic carbocycles. The fourth-order valence-electron chi connectivity index (χ4n) is 3.20. The maximum atomic E-state index is 12.6. The lowest BCUT2D eigenvalue weighted by Crippen LogP contribution is -2.14. The Morgan fingerprint density at radius 2 is 1.47 bits per heavy atom. The van der Waals surface area contributed by atoms with Crippen LogP contribution in [-0.4, -0.2) is 23.0 Å². The Hall–Kier alpha value is -4.37. The summed E-state index contributed by atoms with van der Waals surface area (Å²) in [6.45, 7) is 0. The number of nitrogens with one attached hydrogen (secondary N) is 1. The second-order valence-electron chi connectivity index (χ2n) is 6.75. The summed E-state index contributed by atoms with van der Waals surface area (Å²) in [6.07, 6.45) is 0. The van der Waals surface area contributed by atoms with Gasteiger partial charge in [-0.25, -0.2) is 9.59 Å². The molecule has 0 saturated heterocycles. The zero-order valence-electron chi connectivity index (χ0n) is 16.2. The zero-order chi connectivity index (χ0) is 22.2. The molecule has 0 atom stereocenters. The van der Waals surface area contributed by atoms with Crippen molar-refractivity contribution in [1.29, 1.82) is 0 Å². The van der Waals surface area contributed by atoms with Crippen LogP contribution in [0.2, 0.25) is 0 Å². The number of carbonyl (C=O) groups excluding carboxylic acids is 2. The third-order valence-electron chi connectivity index (χ3n) is 4.68. The summed E-state index contributed by atoms with van der Waals surface area (Å²) in [5, 5.41) is 15.0. The van der Waals surface area contributed by atoms with Crippen LogP contribution in [0.25, 0.3) is 21.9 Å². The van der Waals surface area contributed by atoms with Crippen molar-refractivity contribution in [2.24, 2.45) is 0 Å². The minimum Gasteiger partial charge on any atom is -0.477 e. The molecule has 158 valence electrons. The zero-order valence-corrected chi connectivity index (χ0v) is 17.0. The topological polar surface area (TPSA) is 119 Å². The highest BCUT2D eigenvalue weighted by molar-refractivity contribution is 7.15. The molecule has 0 unspecified atom stereocenters. The summed E-state index contributed by atoms with van der Waals surface area (Å²) >= 11 is 0.914. The van der Waals surface area contributed by atoms with Crippen molar-refractivity contribution in [2.75, 3.05) is 5.32 Å². The first-order chi connectivity index (χ1) is 15.5. The number of hydrogen-bond acceptors (Lipinski definition) is 7. The number of ether oxygens (including phenoxy) is 1. The van der Waals surface area contributed by atoms with Gasteiger partial charge in [0, 0.05) is 16.2 Å². The van der Waals surface area contributed by atoms with E-state index in [4.69, 9.17) is 13.6 Å². The maximum Gasteiger partial charge on any atom is 0.379 e. The number of esters is 1. The molecule has 3 aromatic heterocycles. The van der Waals surface area contributed by atoms with Gasteiger partial charge in [-0.1, -0.05) is 36.4 Å². The van der Waals surface area contributed by atoms with Gasteiger partial charge in [0.15, 0.2) is 11.5 Å². The smallest absolute Gasteiger partial charge is 0.379 e. The Morgan fingerprint density at radius 1 is 0.875 bits per heavy atom. The van der Waals surface area contributed by atoms with Crippen LogP contribution in [0.15, 0.2) is 74.9 Å². The van der Waals surface area contributed by atoms with E-state index in [1.165, 1.54) is 11.4 Å². The number of anilines is 1. The summed E-state index contributed by atoms with van der Waals surface area (Å²) in [6, 6.07) is 17.2. The van der Waals surface area contributed by atoms with E-state index < -0.39 is 17.8 Å². The van der Waals surface area contributed by atoms with E-state index >= 15 is 0 Å². The van der Waals surface area contributed by atoms with Gasteiger partial charge < -0.3 is 24.0 Å². The van der Waals surface area contributed by atoms with E-state index in [-0.39, 0.29) is 27.8 Å². The number of rotatable bonds is 5. The summed E-state index contributed by atoms with van der Waals surface area (Å²) in [5.41, 5.74) is 0.689. The van der Waals surface area contributed by atoms with E-state index in [1.807, 2.05) is 6.07 Å². The highest BCUT2D eigenvalue weighted by Crippen LogP contribution is 2.35. The van der Waals surface area contributed by atoms with Gasteiger partial charge in [-0.2, -0.15) is 0 Å². The van der Waals surface area contributed by atoms with Crippen molar-refractivity contribution < 1.29 is 33.1 Å². The van der Waals surface area contributed by atoms with Crippen molar-refractivity contribution in [2.45, 2.75) is 0 Å². The molecule has 0 spiro atoms. The first-order valence-electron chi connectivity index (χ1n) is 9.35. The lowest BCUT2D eigenvalue weighted by Gasteiger charge is -2.04. The fraction of sp³-hybridized carbons (Fsp3) is 0. The van der Waals surface area contributed by atoms with Gasteiger partial charge in [-0.15, -0.1) is 11.3 Å². The first kappa shape index (κ1) is 19.6. The lowest BCUT2D eigenvalue weighted by molar-refractivity contribution is 0.0673. The molecule has 0 aliphatic heterocycles. The monoisotopic (exact) mass is 447 g/mol. The average molecular weight is 447 g/mol. The molecule has 2 N–H and O–H groups in total. The first-order valence-corrected chi connectivity index (χ1v) is 10.2. The van der Waals surface area contributed by atoms with Gasteiger partial charge in [0.1, 0.15) is 21.7 Å². The van der Waals surface area contributed by atoms with E-state index in [2.05, 4.69) is 5.32 Å². The second kappa shape index (κ2) is 7.71. The van der Waals surface area contributed by atoms with E-state index in [1.54, 1.807) is 48.5 Å². The van der Waals surface area contributed by atoms with Crippen molar-refractivity contribution in [1.82, 2.24) is 0 Å². The molecule has 0 fully saturated rings. The van der Waals surface area contributed by atoms with Gasteiger partial charge in [0.05, 0.1) is 0 Å². The van der Waals surface area contributed by atoms with Crippen LogP contribution in [0.4, 0.5) is 5.00 Å². The molecule has 8 nitrogen and oxygen atoms in total. The number of para-hydroxylation sites is 2. The molecule has 1 amide bonds. The van der Waals surface area contributed by atoms with E-state index in [9.17, 15) is 19.5 Å². The van der Waals surface area contributed by atoms with Gasteiger partial charge >= 0.3 is 11.9 Å². The molecule has 3 heterocycles. The van der Waals surface area contributed by atoms with E-state index in [0.29, 0.717) is 16.6 Å². The molecule has 32 heavy (non-hydrogen) atoms. The van der Waals surface area contributed by atoms with Crippen LogP contribution in [0.3, 0.4) is 0 Å². The number of carboxylic acid groups (broad SMARTS) is 1. The van der Waals surface area contributed by atoms with Gasteiger partial charge in [0.25, 0.3) is 5.91 Å². The highest BCUT2D eigenvalue weighted by atomic mass is 32.1. The van der Waals surface area contributed by atoms with Crippen molar-refractivity contribution in [3.8, 4) is 5.75 Å². The van der Waals surface area contributed by atoms with Crippen LogP contribution < -0.4 is 10.1 Å². The number of thiophene rings is 1. The SMILES string of the molecule is O=C(Nc1scc(OC(=O)c2cc3ccccc3o2)c1C(=O)O)c1cc2ccccc2o1. The van der Waals surface area contributed by atoms with Crippen LogP contribution >= 0.6 is 11.3 Å². The lowest BCUT2D eigenvalue weighted by atomic mass is 10.2. The van der Waals surface area contributed by atoms with Crippen molar-refractivity contribution in [3.05, 3.63) is 83.1 Å². The number of amides is 1. The fourth-order valence-corrected chi connectivity index (χ4v) is 4.05. The molecule has 9 heteroatoms. The number of fused-ring (bicyclic) bond motifs is 2. The number of benzene rings is 2. The Labute approximate surface area is 183 Å². The minimum absolute atomic E-state index is 0.00959. The third kappa shape index (κ3) is 3.50. The number of furan rings is 2. The van der Waals surface area contributed by atoms with Gasteiger partial charge in [0.2, 0.25) is 5.76 Å². The molecule has 0 aliphatic rings. The van der Waals surface area contributed by atoms with Gasteiger partial charge in [-0.3, -0.25) is 4.79 Å². The molecule has 5 rings (SSSR count). The molecule has 0 saturated carbocycles. The maximum absolute atomic E-state index is 12.6. The quantitative estimate of drug-likeness (QED) is 0.346. The van der Waals surface area contributed by atoms with Crippen LogP contribution in [0, 0.1) is 0 Å². The Balaban J connectivity index is 1.40. The molecular weight excluding hydrogens is 434 g/mol. The molecular formula is C23H13NO7S. The van der Waals surface area contributed by atoms with Crippen LogP contribution in [0.5, 0.6) is 5.75 Å². The number of aromatic carboxylic acids is 1. The van der Waals surface area contributed by atoms with Crippen molar-refractivity contribution >= 4 is 56.1 Å². The summed E-state index contributed by atoms with van der Waals surface area (Å²) < 4.78 is 16.2. The number of carboxylic acids is 1. The number of hydrogen-bond donors (Lipinski definition) is 2. The van der Waals surface area contributed by atoms with Crippen LogP contribution in [0.1, 0.15) is 31.5 Å². The Bertz CT molecular complexity index is 1340. The standard InChI is InChI=1S/C23H13NO7S/c25-20(16-9-12-5-1-3-7-14(12)29-16)24-21-19(22(26)27)18(11-32-21)31-23(28)17-10-13-6-2-4-8-15(13)30-17/h1-11H,(H,24,25)(H,26,27). The second-order valence-corrected chi connectivity index (χ2v) is 7.63. The molecule has 2 aromatic carbocycles. The molecule has 0 bridgehead atoms. The minimum atomic E-state index is -1.36. The summed E-state index contributed by atoms with van der Waals surface area (Å²) in [5.74, 6) is -3.08. The Kier molecular flexibility index (Phi) is 4.72. The van der Waals surface area contributed by atoms with E-state index in [0.717, 1.165) is 16.7 Å². The summed E-state index contributed by atoms with van der Waals surface area (Å²) in [4.78, 5) is 36.9. The predicted octanol–water partition coefficient (Wildman–Crippen LogP) is 5.41. The highest BCUT2D eigenvalue weighted by Gasteiger charge is 2.26. The van der Waals surface area contributed by atoms with Gasteiger partial charge in [-0.05, 0) is 24.3 Å². The van der Waals surface area contributed by atoms with Crippen LogP contribution in [-0.2, 0) is 0 Å².